The molecule has 0 aromatic carbocycles. The minimum Gasteiger partial charge on any atom is -0.236 e. The highest BCUT2D eigenvalue weighted by molar-refractivity contribution is 7.89. The number of rotatable bonds is 2. The Morgan fingerprint density at radius 2 is 2.29 bits per heavy atom. The monoisotopic (exact) mass is 212 g/mol. The smallest absolute Gasteiger partial charge is 0.236 e. The highest BCUT2D eigenvalue weighted by atomic mass is 32.2. The highest BCUT2D eigenvalue weighted by Crippen LogP contribution is 2.12. The summed E-state index contributed by atoms with van der Waals surface area (Å²) in [5.74, 6) is 0. The van der Waals surface area contributed by atoms with E-state index in [2.05, 4.69) is 14.8 Å². The van der Waals surface area contributed by atoms with Crippen LogP contribution in [0.3, 0.4) is 0 Å². The summed E-state index contributed by atoms with van der Waals surface area (Å²) in [6, 6.07) is 1.68. The van der Waals surface area contributed by atoms with E-state index in [1.54, 1.807) is 12.3 Å². The summed E-state index contributed by atoms with van der Waals surface area (Å²) in [6.45, 7) is 0. The second kappa shape index (κ2) is 3.03. The Kier molecular flexibility index (Phi) is 1.97. The summed E-state index contributed by atoms with van der Waals surface area (Å²) < 4.78 is 26.6. The molecule has 0 atom stereocenters. The van der Waals surface area contributed by atoms with Crippen molar-refractivity contribution in [1.82, 2.24) is 19.3 Å². The van der Waals surface area contributed by atoms with Crippen molar-refractivity contribution in [2.75, 3.05) is 7.05 Å². The van der Waals surface area contributed by atoms with Crippen LogP contribution in [-0.2, 0) is 10.0 Å². The molecule has 7 heteroatoms. The van der Waals surface area contributed by atoms with Crippen LogP contribution in [0.1, 0.15) is 0 Å². The van der Waals surface area contributed by atoms with Crippen molar-refractivity contribution in [3.8, 4) is 0 Å². The standard InChI is InChI=1S/C7H8N4O2S/c1-8-14(12,13)6-5-10-11-4-2-3-9-7(6)11/h2-5,8H,1H3. The van der Waals surface area contributed by atoms with Gasteiger partial charge < -0.3 is 0 Å². The molecule has 2 heterocycles. The van der Waals surface area contributed by atoms with Gasteiger partial charge >= 0.3 is 0 Å². The number of sulfonamides is 1. The highest BCUT2D eigenvalue weighted by Gasteiger charge is 2.17. The third-order valence-corrected chi connectivity index (χ3v) is 3.21. The van der Waals surface area contributed by atoms with E-state index in [1.807, 2.05) is 0 Å². The van der Waals surface area contributed by atoms with E-state index < -0.39 is 10.0 Å². The fourth-order valence-electron chi connectivity index (χ4n) is 1.10. The quantitative estimate of drug-likeness (QED) is 0.737. The van der Waals surface area contributed by atoms with Crippen LogP contribution in [-0.4, -0.2) is 30.1 Å². The van der Waals surface area contributed by atoms with Gasteiger partial charge in [0, 0.05) is 12.4 Å². The van der Waals surface area contributed by atoms with Crippen LogP contribution in [0.4, 0.5) is 0 Å². The zero-order valence-electron chi connectivity index (χ0n) is 7.38. The van der Waals surface area contributed by atoms with Crippen LogP contribution in [0.2, 0.25) is 0 Å². The molecular formula is C7H8N4O2S. The van der Waals surface area contributed by atoms with Gasteiger partial charge in [0.25, 0.3) is 0 Å². The van der Waals surface area contributed by atoms with E-state index in [-0.39, 0.29) is 4.90 Å². The lowest BCUT2D eigenvalue weighted by atomic mass is 10.6. The number of aromatic nitrogens is 3. The van der Waals surface area contributed by atoms with Gasteiger partial charge in [-0.05, 0) is 13.1 Å². The summed E-state index contributed by atoms with van der Waals surface area (Å²) in [6.07, 6.45) is 4.43. The average Bonchev–Trinajstić information content (AvgIpc) is 2.61. The molecule has 14 heavy (non-hydrogen) atoms. The van der Waals surface area contributed by atoms with Gasteiger partial charge in [-0.2, -0.15) is 5.10 Å². The van der Waals surface area contributed by atoms with Crippen molar-refractivity contribution in [3.63, 3.8) is 0 Å². The molecule has 2 aromatic heterocycles. The molecule has 2 aromatic rings. The number of hydrogen-bond acceptors (Lipinski definition) is 4. The van der Waals surface area contributed by atoms with E-state index in [1.165, 1.54) is 24.0 Å². The van der Waals surface area contributed by atoms with Crippen LogP contribution in [0.25, 0.3) is 5.65 Å². The summed E-state index contributed by atoms with van der Waals surface area (Å²) in [5, 5.41) is 3.87. The van der Waals surface area contributed by atoms with E-state index in [0.717, 1.165) is 0 Å². The second-order valence-electron chi connectivity index (χ2n) is 2.60. The molecule has 0 saturated carbocycles. The second-order valence-corrected chi connectivity index (χ2v) is 4.46. The third kappa shape index (κ3) is 1.26. The number of nitrogens with one attached hydrogen (secondary N) is 1. The number of nitrogens with zero attached hydrogens (tertiary/aromatic N) is 3. The predicted octanol–water partition coefficient (Wildman–Crippen LogP) is -0.363. The fraction of sp³-hybridized carbons (Fsp3) is 0.143. The molecule has 0 aliphatic rings. The van der Waals surface area contributed by atoms with Crippen LogP contribution in [0.15, 0.2) is 29.6 Å². The Morgan fingerprint density at radius 3 is 3.00 bits per heavy atom. The Bertz CT molecular complexity index is 560. The maximum absolute atomic E-state index is 11.5. The molecule has 0 bridgehead atoms. The van der Waals surface area contributed by atoms with Crippen molar-refractivity contribution in [1.29, 1.82) is 0 Å². The molecule has 2 rings (SSSR count). The lowest BCUT2D eigenvalue weighted by Gasteiger charge is -1.97. The topological polar surface area (TPSA) is 76.4 Å². The maximum Gasteiger partial charge on any atom is 0.245 e. The van der Waals surface area contributed by atoms with E-state index in [4.69, 9.17) is 0 Å². The molecule has 0 unspecified atom stereocenters. The van der Waals surface area contributed by atoms with Gasteiger partial charge in [0.1, 0.15) is 4.90 Å². The maximum atomic E-state index is 11.5. The van der Waals surface area contributed by atoms with Crippen molar-refractivity contribution in [2.45, 2.75) is 4.90 Å². The predicted molar refractivity (Wildman–Crippen MR) is 49.2 cm³/mol. The van der Waals surface area contributed by atoms with E-state index >= 15 is 0 Å². The van der Waals surface area contributed by atoms with Gasteiger partial charge in [-0.1, -0.05) is 0 Å². The van der Waals surface area contributed by atoms with Crippen LogP contribution >= 0.6 is 0 Å². The van der Waals surface area contributed by atoms with Gasteiger partial charge in [0.15, 0.2) is 5.65 Å². The van der Waals surface area contributed by atoms with Gasteiger partial charge in [0.2, 0.25) is 10.0 Å². The van der Waals surface area contributed by atoms with Crippen molar-refractivity contribution >= 4 is 15.7 Å². The zero-order chi connectivity index (χ0) is 10.2. The third-order valence-electron chi connectivity index (χ3n) is 1.81. The summed E-state index contributed by atoms with van der Waals surface area (Å²) in [7, 11) is -2.13. The Labute approximate surface area is 80.6 Å². The van der Waals surface area contributed by atoms with Crippen molar-refractivity contribution in [3.05, 3.63) is 24.7 Å². The van der Waals surface area contributed by atoms with Crippen LogP contribution < -0.4 is 4.72 Å². The number of fused-ring (bicyclic) bond motifs is 1. The zero-order valence-corrected chi connectivity index (χ0v) is 8.19. The molecule has 0 amide bonds. The minimum atomic E-state index is -3.48. The lowest BCUT2D eigenvalue weighted by Crippen LogP contribution is -2.18. The first-order chi connectivity index (χ1) is 6.65. The first-order valence-corrected chi connectivity index (χ1v) is 5.35. The van der Waals surface area contributed by atoms with Crippen LogP contribution in [0.5, 0.6) is 0 Å². The molecular weight excluding hydrogens is 204 g/mol. The lowest BCUT2D eigenvalue weighted by molar-refractivity contribution is 0.589. The average molecular weight is 212 g/mol. The summed E-state index contributed by atoms with van der Waals surface area (Å²) in [5.41, 5.74) is 0.321. The summed E-state index contributed by atoms with van der Waals surface area (Å²) >= 11 is 0. The van der Waals surface area contributed by atoms with Gasteiger partial charge in [-0.25, -0.2) is 22.6 Å². The Morgan fingerprint density at radius 1 is 1.50 bits per heavy atom. The molecule has 0 saturated heterocycles. The van der Waals surface area contributed by atoms with E-state index in [0.29, 0.717) is 5.65 Å². The number of hydrogen-bond donors (Lipinski definition) is 1. The molecule has 0 aliphatic heterocycles. The molecule has 1 N–H and O–H groups in total. The fourth-order valence-corrected chi connectivity index (χ4v) is 1.90. The van der Waals surface area contributed by atoms with Gasteiger partial charge in [-0.3, -0.25) is 0 Å². The van der Waals surface area contributed by atoms with Crippen molar-refractivity contribution in [2.24, 2.45) is 0 Å². The first-order valence-electron chi connectivity index (χ1n) is 3.87. The van der Waals surface area contributed by atoms with Gasteiger partial charge in [-0.15, -0.1) is 0 Å². The normalized spacial score (nSPS) is 12.1. The minimum absolute atomic E-state index is 0.0839. The molecule has 0 fully saturated rings. The SMILES string of the molecule is CNS(=O)(=O)c1cnn2cccnc12. The molecule has 0 aliphatic carbocycles. The molecule has 0 spiro atoms. The van der Waals surface area contributed by atoms with Gasteiger partial charge in [0.05, 0.1) is 6.20 Å². The largest absolute Gasteiger partial charge is 0.245 e. The summed E-state index contributed by atoms with van der Waals surface area (Å²) in [4.78, 5) is 4.02. The van der Waals surface area contributed by atoms with Crippen molar-refractivity contribution < 1.29 is 8.42 Å². The molecule has 6 nitrogen and oxygen atoms in total. The molecule has 0 radical (unpaired) electrons. The molecule has 74 valence electrons. The van der Waals surface area contributed by atoms with E-state index in [9.17, 15) is 8.42 Å². The Balaban J connectivity index is 2.77. The first kappa shape index (κ1) is 9.10. The Hall–Kier alpha value is -1.47. The van der Waals surface area contributed by atoms with Crippen LogP contribution in [0, 0.1) is 0 Å².